The molecule has 0 aliphatic carbocycles. The molecule has 0 saturated carbocycles. The van der Waals surface area contributed by atoms with Gasteiger partial charge in [0, 0.05) is 19.7 Å². The molecule has 7 heteroatoms. The SMILES string of the molecule is CCNc1ccc([N+](=O)[O-])c(OC(C)COC)n1. The van der Waals surface area contributed by atoms with Crippen molar-refractivity contribution in [2.75, 3.05) is 25.6 Å². The van der Waals surface area contributed by atoms with E-state index < -0.39 is 4.92 Å². The number of hydrogen-bond acceptors (Lipinski definition) is 6. The summed E-state index contributed by atoms with van der Waals surface area (Å²) in [5.74, 6) is 0.547. The van der Waals surface area contributed by atoms with E-state index in [1.807, 2.05) is 6.92 Å². The molecule has 1 N–H and O–H groups in total. The van der Waals surface area contributed by atoms with Crippen LogP contribution in [0.5, 0.6) is 5.88 Å². The van der Waals surface area contributed by atoms with Crippen LogP contribution in [0.2, 0.25) is 0 Å². The first-order chi connectivity index (χ1) is 8.58. The van der Waals surface area contributed by atoms with Crippen LogP contribution in [0.25, 0.3) is 0 Å². The van der Waals surface area contributed by atoms with Crippen LogP contribution in [0.15, 0.2) is 12.1 Å². The number of anilines is 1. The normalized spacial score (nSPS) is 11.9. The van der Waals surface area contributed by atoms with Gasteiger partial charge in [-0.25, -0.2) is 0 Å². The number of methoxy groups -OCH3 is 1. The molecule has 0 aromatic carbocycles. The van der Waals surface area contributed by atoms with E-state index in [1.54, 1.807) is 13.0 Å². The standard InChI is InChI=1S/C11H17N3O4/c1-4-12-10-6-5-9(14(15)16)11(13-10)18-8(2)7-17-3/h5-6,8H,4,7H2,1-3H3,(H,12,13). The molecule has 100 valence electrons. The van der Waals surface area contributed by atoms with Crippen molar-refractivity contribution >= 4 is 11.5 Å². The largest absolute Gasteiger partial charge is 0.467 e. The van der Waals surface area contributed by atoms with Gasteiger partial charge >= 0.3 is 5.69 Å². The molecule has 18 heavy (non-hydrogen) atoms. The highest BCUT2D eigenvalue weighted by Crippen LogP contribution is 2.27. The van der Waals surface area contributed by atoms with Gasteiger partial charge in [0.15, 0.2) is 0 Å². The predicted octanol–water partition coefficient (Wildman–Crippen LogP) is 1.84. The van der Waals surface area contributed by atoms with E-state index in [1.165, 1.54) is 13.2 Å². The third-order valence-corrected chi connectivity index (χ3v) is 2.11. The van der Waals surface area contributed by atoms with Crippen molar-refractivity contribution in [3.63, 3.8) is 0 Å². The van der Waals surface area contributed by atoms with E-state index in [2.05, 4.69) is 10.3 Å². The molecule has 0 radical (unpaired) electrons. The fourth-order valence-corrected chi connectivity index (χ4v) is 1.40. The van der Waals surface area contributed by atoms with Crippen LogP contribution in [0.4, 0.5) is 11.5 Å². The zero-order valence-corrected chi connectivity index (χ0v) is 10.7. The number of pyridine rings is 1. The molecular weight excluding hydrogens is 238 g/mol. The second-order valence-corrected chi connectivity index (χ2v) is 3.69. The van der Waals surface area contributed by atoms with Gasteiger partial charge in [0.25, 0.3) is 5.88 Å². The minimum Gasteiger partial charge on any atom is -0.467 e. The zero-order chi connectivity index (χ0) is 13.5. The number of aromatic nitrogens is 1. The van der Waals surface area contributed by atoms with Gasteiger partial charge in [-0.2, -0.15) is 4.98 Å². The summed E-state index contributed by atoms with van der Waals surface area (Å²) in [6, 6.07) is 2.93. The molecule has 1 rings (SSSR count). The summed E-state index contributed by atoms with van der Waals surface area (Å²) in [6.45, 7) is 4.69. The van der Waals surface area contributed by atoms with E-state index in [0.29, 0.717) is 19.0 Å². The summed E-state index contributed by atoms with van der Waals surface area (Å²) in [5.41, 5.74) is -0.153. The Hall–Kier alpha value is -1.89. The van der Waals surface area contributed by atoms with Gasteiger partial charge in [-0.3, -0.25) is 10.1 Å². The summed E-state index contributed by atoms with van der Waals surface area (Å²) in [6.07, 6.45) is -0.307. The fourth-order valence-electron chi connectivity index (χ4n) is 1.40. The smallest absolute Gasteiger partial charge is 0.331 e. The van der Waals surface area contributed by atoms with Gasteiger partial charge in [-0.05, 0) is 19.9 Å². The van der Waals surface area contributed by atoms with Gasteiger partial charge in [0.05, 0.1) is 11.5 Å². The molecule has 0 saturated heterocycles. The van der Waals surface area contributed by atoms with Crippen molar-refractivity contribution in [3.8, 4) is 5.88 Å². The van der Waals surface area contributed by atoms with Gasteiger partial charge in [0.2, 0.25) is 0 Å². The number of nitrogens with one attached hydrogen (secondary N) is 1. The fraction of sp³-hybridized carbons (Fsp3) is 0.545. The lowest BCUT2D eigenvalue weighted by atomic mass is 10.3. The predicted molar refractivity (Wildman–Crippen MR) is 67.0 cm³/mol. The van der Waals surface area contributed by atoms with Crippen molar-refractivity contribution in [3.05, 3.63) is 22.2 Å². The van der Waals surface area contributed by atoms with Crippen LogP contribution in [-0.2, 0) is 4.74 Å². The second kappa shape index (κ2) is 6.75. The molecule has 0 fully saturated rings. The molecule has 0 aliphatic heterocycles. The van der Waals surface area contributed by atoms with Crippen LogP contribution in [-0.4, -0.2) is 36.3 Å². The summed E-state index contributed by atoms with van der Waals surface area (Å²) in [5, 5.41) is 13.8. The Morgan fingerprint density at radius 1 is 1.56 bits per heavy atom. The van der Waals surface area contributed by atoms with Crippen LogP contribution >= 0.6 is 0 Å². The molecule has 0 spiro atoms. The average Bonchev–Trinajstić information content (AvgIpc) is 2.29. The van der Waals surface area contributed by atoms with E-state index in [0.717, 1.165) is 0 Å². The van der Waals surface area contributed by atoms with Gasteiger partial charge in [0.1, 0.15) is 11.9 Å². The zero-order valence-electron chi connectivity index (χ0n) is 10.7. The molecule has 0 bridgehead atoms. The molecule has 1 aromatic heterocycles. The highest BCUT2D eigenvalue weighted by atomic mass is 16.6. The Labute approximate surface area is 105 Å². The topological polar surface area (TPSA) is 86.5 Å². The van der Waals surface area contributed by atoms with Crippen LogP contribution in [0.1, 0.15) is 13.8 Å². The summed E-state index contributed by atoms with van der Waals surface area (Å²) in [7, 11) is 1.54. The maximum absolute atomic E-state index is 10.9. The Morgan fingerprint density at radius 2 is 2.28 bits per heavy atom. The van der Waals surface area contributed by atoms with E-state index >= 15 is 0 Å². The van der Waals surface area contributed by atoms with Gasteiger partial charge in [-0.15, -0.1) is 0 Å². The van der Waals surface area contributed by atoms with E-state index in [9.17, 15) is 10.1 Å². The minimum absolute atomic E-state index is 0.00278. The number of ether oxygens (including phenoxy) is 2. The number of rotatable bonds is 7. The average molecular weight is 255 g/mol. The maximum Gasteiger partial charge on any atom is 0.331 e. The molecule has 0 amide bonds. The number of hydrogen-bond donors (Lipinski definition) is 1. The quantitative estimate of drug-likeness (QED) is 0.591. The molecule has 1 unspecified atom stereocenters. The Kier molecular flexibility index (Phi) is 5.31. The maximum atomic E-state index is 10.9. The van der Waals surface area contributed by atoms with Crippen molar-refractivity contribution in [2.45, 2.75) is 20.0 Å². The first kappa shape index (κ1) is 14.2. The van der Waals surface area contributed by atoms with Gasteiger partial charge in [-0.1, -0.05) is 0 Å². The monoisotopic (exact) mass is 255 g/mol. The van der Waals surface area contributed by atoms with Crippen molar-refractivity contribution in [1.29, 1.82) is 0 Å². The van der Waals surface area contributed by atoms with Gasteiger partial charge < -0.3 is 14.8 Å². The van der Waals surface area contributed by atoms with Crippen molar-refractivity contribution in [1.82, 2.24) is 4.98 Å². The minimum atomic E-state index is -0.516. The summed E-state index contributed by atoms with van der Waals surface area (Å²) in [4.78, 5) is 14.4. The second-order valence-electron chi connectivity index (χ2n) is 3.69. The third kappa shape index (κ3) is 3.85. The lowest BCUT2D eigenvalue weighted by Crippen LogP contribution is -2.19. The van der Waals surface area contributed by atoms with Crippen LogP contribution < -0.4 is 10.1 Å². The highest BCUT2D eigenvalue weighted by molar-refractivity contribution is 5.49. The summed E-state index contributed by atoms with van der Waals surface area (Å²) < 4.78 is 10.3. The van der Waals surface area contributed by atoms with Crippen LogP contribution in [0, 0.1) is 10.1 Å². The van der Waals surface area contributed by atoms with E-state index in [-0.39, 0.29) is 17.7 Å². The number of nitrogens with zero attached hydrogens (tertiary/aromatic N) is 2. The molecule has 1 atom stereocenters. The number of nitro groups is 1. The molecule has 0 aliphatic rings. The van der Waals surface area contributed by atoms with Crippen molar-refractivity contribution in [2.24, 2.45) is 0 Å². The molecular formula is C11H17N3O4. The first-order valence-electron chi connectivity index (χ1n) is 5.63. The highest BCUT2D eigenvalue weighted by Gasteiger charge is 2.19. The lowest BCUT2D eigenvalue weighted by Gasteiger charge is -2.13. The van der Waals surface area contributed by atoms with Crippen molar-refractivity contribution < 1.29 is 14.4 Å². The molecule has 1 aromatic rings. The lowest BCUT2D eigenvalue weighted by molar-refractivity contribution is -0.386. The summed E-state index contributed by atoms with van der Waals surface area (Å²) >= 11 is 0. The van der Waals surface area contributed by atoms with E-state index in [4.69, 9.17) is 9.47 Å². The molecule has 1 heterocycles. The Bertz CT molecular complexity index is 411. The third-order valence-electron chi connectivity index (χ3n) is 2.11. The van der Waals surface area contributed by atoms with Crippen LogP contribution in [0.3, 0.4) is 0 Å². The first-order valence-corrected chi connectivity index (χ1v) is 5.63. The molecule has 7 nitrogen and oxygen atoms in total. The Balaban J connectivity index is 2.95. The Morgan fingerprint density at radius 3 is 2.83 bits per heavy atom.